The molecule has 1 fully saturated rings. The van der Waals surface area contributed by atoms with E-state index in [1.807, 2.05) is 12.1 Å². The van der Waals surface area contributed by atoms with Crippen LogP contribution in [0.3, 0.4) is 0 Å². The number of hydrogen-bond acceptors (Lipinski definition) is 3. The largest absolute Gasteiger partial charge is 0.497 e. The first-order valence-corrected chi connectivity index (χ1v) is 9.15. The fourth-order valence-electron chi connectivity index (χ4n) is 3.03. The van der Waals surface area contributed by atoms with Gasteiger partial charge in [-0.25, -0.2) is 8.42 Å². The fourth-order valence-corrected chi connectivity index (χ4v) is 4.94. The van der Waals surface area contributed by atoms with Gasteiger partial charge in [0.05, 0.1) is 18.6 Å². The third kappa shape index (κ3) is 3.38. The van der Waals surface area contributed by atoms with Crippen LogP contribution in [-0.4, -0.2) is 27.0 Å². The highest BCUT2D eigenvalue weighted by Crippen LogP contribution is 2.25. The van der Waals surface area contributed by atoms with Crippen LogP contribution in [0, 0.1) is 5.92 Å². The van der Waals surface area contributed by atoms with Crippen LogP contribution in [0.15, 0.2) is 36.4 Å². The molecule has 0 amide bonds. The molecule has 3 rings (SSSR count). The van der Waals surface area contributed by atoms with Gasteiger partial charge in [0, 0.05) is 0 Å². The molecule has 4 heteroatoms. The number of rotatable bonds is 4. The number of methoxy groups -OCH3 is 1. The van der Waals surface area contributed by atoms with E-state index in [2.05, 4.69) is 24.3 Å². The minimum absolute atomic E-state index is 0.335. The summed E-state index contributed by atoms with van der Waals surface area (Å²) in [5.41, 5.74) is 1.27. The highest BCUT2D eigenvalue weighted by Gasteiger charge is 2.27. The summed E-state index contributed by atoms with van der Waals surface area (Å²) in [5, 5.41) is 2.37. The average Bonchev–Trinajstić information content (AvgIpc) is 2.83. The molecule has 1 aliphatic heterocycles. The maximum Gasteiger partial charge on any atom is 0.150 e. The minimum Gasteiger partial charge on any atom is -0.497 e. The first-order valence-electron chi connectivity index (χ1n) is 7.33. The molecule has 0 spiro atoms. The lowest BCUT2D eigenvalue weighted by Crippen LogP contribution is -2.05. The van der Waals surface area contributed by atoms with Crippen molar-refractivity contribution in [2.75, 3.05) is 18.6 Å². The van der Waals surface area contributed by atoms with Gasteiger partial charge in [-0.2, -0.15) is 0 Å². The Labute approximate surface area is 125 Å². The molecule has 1 saturated heterocycles. The van der Waals surface area contributed by atoms with Crippen molar-refractivity contribution in [3.05, 3.63) is 42.0 Å². The molecule has 1 heterocycles. The third-order valence-corrected chi connectivity index (χ3v) is 6.12. The maximum atomic E-state index is 11.5. The van der Waals surface area contributed by atoms with Gasteiger partial charge < -0.3 is 4.74 Å². The van der Waals surface area contributed by atoms with Crippen LogP contribution in [0.25, 0.3) is 10.8 Å². The molecule has 0 N–H and O–H groups in total. The van der Waals surface area contributed by atoms with Crippen molar-refractivity contribution in [3.63, 3.8) is 0 Å². The summed E-state index contributed by atoms with van der Waals surface area (Å²) in [7, 11) is -1.08. The summed E-state index contributed by atoms with van der Waals surface area (Å²) >= 11 is 0. The Kier molecular flexibility index (Phi) is 3.89. The molecule has 1 aliphatic rings. The predicted octanol–water partition coefficient (Wildman–Crippen LogP) is 3.22. The van der Waals surface area contributed by atoms with Gasteiger partial charge >= 0.3 is 0 Å². The van der Waals surface area contributed by atoms with E-state index in [0.717, 1.165) is 25.0 Å². The molecule has 1 atom stereocenters. The van der Waals surface area contributed by atoms with Gasteiger partial charge in [0.25, 0.3) is 0 Å². The maximum absolute atomic E-state index is 11.5. The number of ether oxygens (including phenoxy) is 1. The minimum atomic E-state index is -2.76. The lowest BCUT2D eigenvalue weighted by Gasteiger charge is -2.09. The normalized spacial score (nSPS) is 20.7. The fraction of sp³-hybridized carbons (Fsp3) is 0.412. The van der Waals surface area contributed by atoms with Crippen LogP contribution in [-0.2, 0) is 16.3 Å². The lowest BCUT2D eigenvalue weighted by molar-refractivity contribution is 0.415. The van der Waals surface area contributed by atoms with E-state index in [4.69, 9.17) is 4.74 Å². The second-order valence-electron chi connectivity index (χ2n) is 5.86. The number of aryl methyl sites for hydroxylation is 1. The van der Waals surface area contributed by atoms with E-state index >= 15 is 0 Å². The molecule has 3 nitrogen and oxygen atoms in total. The second-order valence-corrected chi connectivity index (χ2v) is 8.08. The van der Waals surface area contributed by atoms with Gasteiger partial charge in [0.1, 0.15) is 5.75 Å². The summed E-state index contributed by atoms with van der Waals surface area (Å²) in [6.07, 6.45) is 2.73. The van der Waals surface area contributed by atoms with Crippen molar-refractivity contribution >= 4 is 20.6 Å². The summed E-state index contributed by atoms with van der Waals surface area (Å²) in [6.45, 7) is 0. The van der Waals surface area contributed by atoms with E-state index in [0.29, 0.717) is 17.4 Å². The number of fused-ring (bicyclic) bond motifs is 1. The number of benzene rings is 2. The van der Waals surface area contributed by atoms with Crippen LogP contribution >= 0.6 is 0 Å². The Hall–Kier alpha value is -1.55. The van der Waals surface area contributed by atoms with Crippen LogP contribution in [0.4, 0.5) is 0 Å². The van der Waals surface area contributed by atoms with Crippen molar-refractivity contribution in [1.82, 2.24) is 0 Å². The molecule has 21 heavy (non-hydrogen) atoms. The molecule has 0 unspecified atom stereocenters. The molecule has 0 aromatic heterocycles. The van der Waals surface area contributed by atoms with E-state index in [1.165, 1.54) is 16.3 Å². The molecule has 0 saturated carbocycles. The third-order valence-electron chi connectivity index (χ3n) is 4.28. The zero-order chi connectivity index (χ0) is 14.9. The summed E-state index contributed by atoms with van der Waals surface area (Å²) < 4.78 is 28.2. The molecule has 2 aromatic rings. The van der Waals surface area contributed by atoms with E-state index in [9.17, 15) is 8.42 Å². The van der Waals surface area contributed by atoms with Crippen LogP contribution in [0.2, 0.25) is 0 Å². The Bertz CT molecular complexity index is 750. The Morgan fingerprint density at radius 2 is 1.90 bits per heavy atom. The quantitative estimate of drug-likeness (QED) is 0.871. The monoisotopic (exact) mass is 304 g/mol. The molecular formula is C17H20O3S. The zero-order valence-corrected chi connectivity index (χ0v) is 13.0. The van der Waals surface area contributed by atoms with Gasteiger partial charge in [-0.1, -0.05) is 24.3 Å². The SMILES string of the molecule is COc1ccc2cc(CC[C@@H]3CCS(=O)(=O)C3)ccc2c1. The Morgan fingerprint density at radius 1 is 1.14 bits per heavy atom. The molecule has 0 radical (unpaired) electrons. The average molecular weight is 304 g/mol. The van der Waals surface area contributed by atoms with E-state index < -0.39 is 9.84 Å². The van der Waals surface area contributed by atoms with Crippen molar-refractivity contribution in [1.29, 1.82) is 0 Å². The van der Waals surface area contributed by atoms with E-state index in [1.54, 1.807) is 7.11 Å². The number of sulfone groups is 1. The van der Waals surface area contributed by atoms with Gasteiger partial charge in [0.2, 0.25) is 0 Å². The van der Waals surface area contributed by atoms with Gasteiger partial charge in [0.15, 0.2) is 9.84 Å². The predicted molar refractivity (Wildman–Crippen MR) is 85.6 cm³/mol. The molecule has 0 aliphatic carbocycles. The topological polar surface area (TPSA) is 43.4 Å². The highest BCUT2D eigenvalue weighted by atomic mass is 32.2. The van der Waals surface area contributed by atoms with Crippen LogP contribution < -0.4 is 4.74 Å². The standard InChI is InChI=1S/C17H20O3S/c1-20-17-7-6-15-10-13(4-5-16(15)11-17)2-3-14-8-9-21(18,19)12-14/h4-7,10-11,14H,2-3,8-9,12H2,1H3/t14-/m1/s1. The Morgan fingerprint density at radius 3 is 2.62 bits per heavy atom. The van der Waals surface area contributed by atoms with Crippen molar-refractivity contribution in [2.45, 2.75) is 19.3 Å². The lowest BCUT2D eigenvalue weighted by atomic mass is 9.97. The first-order chi connectivity index (χ1) is 10.1. The highest BCUT2D eigenvalue weighted by molar-refractivity contribution is 7.91. The molecule has 2 aromatic carbocycles. The Balaban J connectivity index is 1.70. The smallest absolute Gasteiger partial charge is 0.150 e. The summed E-state index contributed by atoms with van der Waals surface area (Å²) in [5.74, 6) is 1.94. The summed E-state index contributed by atoms with van der Waals surface area (Å²) in [6, 6.07) is 12.5. The molecule has 0 bridgehead atoms. The van der Waals surface area contributed by atoms with Gasteiger partial charge in [-0.3, -0.25) is 0 Å². The second kappa shape index (κ2) is 5.68. The van der Waals surface area contributed by atoms with Crippen LogP contribution in [0.1, 0.15) is 18.4 Å². The molecule has 112 valence electrons. The first kappa shape index (κ1) is 14.4. The van der Waals surface area contributed by atoms with E-state index in [-0.39, 0.29) is 0 Å². The van der Waals surface area contributed by atoms with Crippen molar-refractivity contribution < 1.29 is 13.2 Å². The van der Waals surface area contributed by atoms with Gasteiger partial charge in [-0.15, -0.1) is 0 Å². The zero-order valence-electron chi connectivity index (χ0n) is 12.2. The van der Waals surface area contributed by atoms with Gasteiger partial charge in [-0.05, 0) is 53.6 Å². The van der Waals surface area contributed by atoms with Crippen molar-refractivity contribution in [3.8, 4) is 5.75 Å². The molecular weight excluding hydrogens is 284 g/mol. The van der Waals surface area contributed by atoms with Crippen molar-refractivity contribution in [2.24, 2.45) is 5.92 Å². The number of hydrogen-bond donors (Lipinski definition) is 0. The summed E-state index contributed by atoms with van der Waals surface area (Å²) in [4.78, 5) is 0. The van der Waals surface area contributed by atoms with Crippen LogP contribution in [0.5, 0.6) is 5.75 Å².